The van der Waals surface area contributed by atoms with Crippen molar-refractivity contribution in [3.05, 3.63) is 46.4 Å². The summed E-state index contributed by atoms with van der Waals surface area (Å²) in [5.41, 5.74) is 1.56. The highest BCUT2D eigenvalue weighted by molar-refractivity contribution is 5.93. The first-order chi connectivity index (χ1) is 9.50. The van der Waals surface area contributed by atoms with Crippen LogP contribution < -0.4 is 5.56 Å². The molecule has 0 spiro atoms. The molecule has 0 saturated heterocycles. The van der Waals surface area contributed by atoms with Crippen molar-refractivity contribution < 1.29 is 9.90 Å². The minimum atomic E-state index is -0.939. The molecule has 3 rings (SSSR count). The van der Waals surface area contributed by atoms with Gasteiger partial charge in [-0.2, -0.15) is 4.98 Å². The molecule has 1 atom stereocenters. The highest BCUT2D eigenvalue weighted by Crippen LogP contribution is 2.24. The second-order valence-corrected chi connectivity index (χ2v) is 4.75. The van der Waals surface area contributed by atoms with E-state index < -0.39 is 12.0 Å². The molecule has 2 aromatic heterocycles. The fraction of sp³-hybridized carbons (Fsp3) is 0.214. The SMILES string of the molecule is Cc1cc(=O)nc2c3ccccc3n(C(C)C(=O)O)n12. The molecule has 0 aliphatic heterocycles. The number of benzene rings is 1. The lowest BCUT2D eigenvalue weighted by molar-refractivity contribution is -0.140. The van der Waals surface area contributed by atoms with Gasteiger partial charge in [-0.25, -0.2) is 9.31 Å². The summed E-state index contributed by atoms with van der Waals surface area (Å²) in [6, 6.07) is 7.97. The molecule has 0 aliphatic rings. The van der Waals surface area contributed by atoms with E-state index in [1.165, 1.54) is 6.07 Å². The van der Waals surface area contributed by atoms with Crippen molar-refractivity contribution in [2.24, 2.45) is 0 Å². The van der Waals surface area contributed by atoms with E-state index in [0.29, 0.717) is 11.3 Å². The molecule has 0 amide bonds. The zero-order valence-electron chi connectivity index (χ0n) is 11.1. The van der Waals surface area contributed by atoms with E-state index in [-0.39, 0.29) is 5.56 Å². The molecule has 0 bridgehead atoms. The maximum absolute atomic E-state index is 11.6. The minimum absolute atomic E-state index is 0.326. The maximum atomic E-state index is 11.6. The molecule has 6 heteroatoms. The van der Waals surface area contributed by atoms with Crippen LogP contribution in [0.4, 0.5) is 0 Å². The molecule has 0 radical (unpaired) electrons. The van der Waals surface area contributed by atoms with Gasteiger partial charge in [-0.3, -0.25) is 9.48 Å². The van der Waals surface area contributed by atoms with Gasteiger partial charge in [-0.05, 0) is 26.0 Å². The first-order valence-electron chi connectivity index (χ1n) is 6.23. The van der Waals surface area contributed by atoms with Crippen LogP contribution in [-0.2, 0) is 4.79 Å². The Balaban J connectivity index is 2.59. The number of rotatable bonds is 2. The molecule has 0 fully saturated rings. The Hall–Kier alpha value is -2.63. The number of hydrogen-bond acceptors (Lipinski definition) is 3. The second kappa shape index (κ2) is 4.19. The van der Waals surface area contributed by atoms with Gasteiger partial charge < -0.3 is 5.11 Å². The molecule has 20 heavy (non-hydrogen) atoms. The minimum Gasteiger partial charge on any atom is -0.480 e. The Morgan fingerprint density at radius 1 is 1.35 bits per heavy atom. The number of carboxylic acid groups (broad SMARTS) is 1. The van der Waals surface area contributed by atoms with Gasteiger partial charge in [0.25, 0.3) is 5.56 Å². The maximum Gasteiger partial charge on any atom is 0.328 e. The summed E-state index contributed by atoms with van der Waals surface area (Å²) in [6.07, 6.45) is 0. The molecule has 102 valence electrons. The predicted molar refractivity (Wildman–Crippen MR) is 74.0 cm³/mol. The Kier molecular flexibility index (Phi) is 2.60. The van der Waals surface area contributed by atoms with Crippen molar-refractivity contribution in [3.8, 4) is 0 Å². The van der Waals surface area contributed by atoms with Crippen LogP contribution in [0.2, 0.25) is 0 Å². The summed E-state index contributed by atoms with van der Waals surface area (Å²) in [5.74, 6) is -0.939. The number of carboxylic acids is 1. The summed E-state index contributed by atoms with van der Waals surface area (Å²) < 4.78 is 3.33. The molecule has 3 aromatic rings. The number of fused-ring (bicyclic) bond motifs is 3. The van der Waals surface area contributed by atoms with Crippen LogP contribution in [0.25, 0.3) is 16.6 Å². The third-order valence-corrected chi connectivity index (χ3v) is 3.41. The van der Waals surface area contributed by atoms with Gasteiger partial charge in [0.1, 0.15) is 6.04 Å². The average molecular weight is 271 g/mol. The summed E-state index contributed by atoms with van der Waals surface area (Å²) >= 11 is 0. The highest BCUT2D eigenvalue weighted by Gasteiger charge is 2.21. The zero-order chi connectivity index (χ0) is 14.4. The predicted octanol–water partition coefficient (Wildman–Crippen LogP) is 1.60. The van der Waals surface area contributed by atoms with Crippen LogP contribution in [0.5, 0.6) is 0 Å². The Labute approximate surface area is 113 Å². The number of aromatic nitrogens is 3. The Morgan fingerprint density at radius 2 is 2.05 bits per heavy atom. The molecule has 6 nitrogen and oxygen atoms in total. The van der Waals surface area contributed by atoms with Gasteiger partial charge in [-0.15, -0.1) is 0 Å². The van der Waals surface area contributed by atoms with Crippen LogP contribution in [0, 0.1) is 6.92 Å². The standard InChI is InChI=1S/C14H13N3O3/c1-8-7-12(18)15-13-10-5-3-4-6-11(10)17(16(8)13)9(2)14(19)20/h3-7,9H,1-2H3,(H,19,20). The lowest BCUT2D eigenvalue weighted by Gasteiger charge is -2.14. The Morgan fingerprint density at radius 3 is 2.75 bits per heavy atom. The van der Waals surface area contributed by atoms with Crippen molar-refractivity contribution in [1.29, 1.82) is 0 Å². The van der Waals surface area contributed by atoms with E-state index in [0.717, 1.165) is 10.9 Å². The summed E-state index contributed by atoms with van der Waals surface area (Å²) in [5, 5.41) is 10.1. The molecule has 2 heterocycles. The van der Waals surface area contributed by atoms with Gasteiger partial charge in [0.15, 0.2) is 5.65 Å². The van der Waals surface area contributed by atoms with E-state index >= 15 is 0 Å². The van der Waals surface area contributed by atoms with Crippen LogP contribution in [-0.4, -0.2) is 25.3 Å². The first-order valence-corrected chi connectivity index (χ1v) is 6.23. The summed E-state index contributed by atoms with van der Waals surface area (Å²) in [7, 11) is 0. The van der Waals surface area contributed by atoms with Crippen LogP contribution in [0.3, 0.4) is 0 Å². The van der Waals surface area contributed by atoms with E-state index in [2.05, 4.69) is 4.98 Å². The number of aryl methyl sites for hydroxylation is 1. The van der Waals surface area contributed by atoms with Gasteiger partial charge in [-0.1, -0.05) is 12.1 Å². The Bertz CT molecular complexity index is 892. The molecular weight excluding hydrogens is 258 g/mol. The third kappa shape index (κ3) is 1.61. The van der Waals surface area contributed by atoms with Crippen molar-refractivity contribution >= 4 is 22.5 Å². The average Bonchev–Trinajstić information content (AvgIpc) is 2.73. The highest BCUT2D eigenvalue weighted by atomic mass is 16.4. The molecular formula is C14H13N3O3. The number of aliphatic carboxylic acids is 1. The molecule has 0 saturated carbocycles. The lowest BCUT2D eigenvalue weighted by Crippen LogP contribution is -2.22. The van der Waals surface area contributed by atoms with Gasteiger partial charge >= 0.3 is 5.97 Å². The molecule has 1 unspecified atom stereocenters. The van der Waals surface area contributed by atoms with E-state index in [1.807, 2.05) is 24.3 Å². The molecule has 1 aromatic carbocycles. The first kappa shape index (κ1) is 12.4. The molecule has 0 aliphatic carbocycles. The number of hydrogen-bond donors (Lipinski definition) is 1. The number of para-hydroxylation sites is 1. The van der Waals surface area contributed by atoms with Crippen LogP contribution >= 0.6 is 0 Å². The normalized spacial score (nSPS) is 12.9. The van der Waals surface area contributed by atoms with Gasteiger partial charge in [0.05, 0.1) is 5.52 Å². The number of carbonyl (C=O) groups is 1. The van der Waals surface area contributed by atoms with Gasteiger partial charge in [0, 0.05) is 17.1 Å². The zero-order valence-corrected chi connectivity index (χ0v) is 11.1. The summed E-state index contributed by atoms with van der Waals surface area (Å²) in [4.78, 5) is 27.0. The van der Waals surface area contributed by atoms with E-state index in [9.17, 15) is 14.7 Å². The van der Waals surface area contributed by atoms with Crippen LogP contribution in [0.1, 0.15) is 18.7 Å². The quantitative estimate of drug-likeness (QED) is 0.768. The fourth-order valence-corrected chi connectivity index (χ4v) is 2.49. The van der Waals surface area contributed by atoms with E-state index in [4.69, 9.17) is 0 Å². The molecule has 1 N–H and O–H groups in total. The largest absolute Gasteiger partial charge is 0.480 e. The lowest BCUT2D eigenvalue weighted by atomic mass is 10.2. The topological polar surface area (TPSA) is 76.6 Å². The van der Waals surface area contributed by atoms with E-state index in [1.54, 1.807) is 23.0 Å². The van der Waals surface area contributed by atoms with Crippen molar-refractivity contribution in [3.63, 3.8) is 0 Å². The summed E-state index contributed by atoms with van der Waals surface area (Å²) in [6.45, 7) is 3.37. The monoisotopic (exact) mass is 271 g/mol. The second-order valence-electron chi connectivity index (χ2n) is 4.75. The third-order valence-electron chi connectivity index (χ3n) is 3.41. The van der Waals surface area contributed by atoms with Gasteiger partial charge in [0.2, 0.25) is 0 Å². The van der Waals surface area contributed by atoms with Crippen molar-refractivity contribution in [2.75, 3.05) is 0 Å². The number of nitrogens with zero attached hydrogens (tertiary/aromatic N) is 3. The smallest absolute Gasteiger partial charge is 0.328 e. The van der Waals surface area contributed by atoms with Crippen molar-refractivity contribution in [2.45, 2.75) is 19.9 Å². The fourth-order valence-electron chi connectivity index (χ4n) is 2.49. The van der Waals surface area contributed by atoms with Crippen molar-refractivity contribution in [1.82, 2.24) is 14.2 Å². The van der Waals surface area contributed by atoms with Crippen LogP contribution in [0.15, 0.2) is 35.1 Å².